The van der Waals surface area contributed by atoms with E-state index in [1.165, 1.54) is 12.8 Å². The molecule has 6 heteroatoms. The smallest absolute Gasteiger partial charge is 0.352 e. The summed E-state index contributed by atoms with van der Waals surface area (Å²) in [7, 11) is 0. The van der Waals surface area contributed by atoms with Crippen LogP contribution in [0.15, 0.2) is 54.6 Å². The van der Waals surface area contributed by atoms with E-state index in [1.807, 2.05) is 43.3 Å². The number of aromatic nitrogens is 4. The number of nitrogens with zero attached hydrogens (tertiary/aromatic N) is 3. The van der Waals surface area contributed by atoms with Crippen molar-refractivity contribution in [2.45, 2.75) is 39.2 Å². The molecule has 0 atom stereocenters. The number of rotatable bonds is 5. The average molecular weight is 437 g/mol. The van der Waals surface area contributed by atoms with Gasteiger partial charge in [0.1, 0.15) is 17.0 Å². The molecule has 6 rings (SSSR count). The number of pyridine rings is 1. The maximum atomic E-state index is 11.9. The fourth-order valence-electron chi connectivity index (χ4n) is 4.79. The van der Waals surface area contributed by atoms with Crippen LogP contribution in [0.1, 0.15) is 51.9 Å². The fourth-order valence-corrected chi connectivity index (χ4v) is 4.79. The van der Waals surface area contributed by atoms with Gasteiger partial charge in [-0.05, 0) is 55.5 Å². The van der Waals surface area contributed by atoms with Crippen LogP contribution in [0, 0.1) is 13.8 Å². The van der Waals surface area contributed by atoms with Crippen LogP contribution in [-0.4, -0.2) is 30.6 Å². The molecule has 0 amide bonds. The van der Waals surface area contributed by atoms with Crippen LogP contribution in [0.4, 0.5) is 0 Å². The molecule has 0 radical (unpaired) electrons. The zero-order chi connectivity index (χ0) is 22.7. The Morgan fingerprint density at radius 1 is 1.09 bits per heavy atom. The SMILES string of the molecule is Cc1cc(C)c2nc(C3CC3)n(Cc3ccc(-c4c(C(=O)O)[nH]c5ccccc45)cc3)c2n1. The van der Waals surface area contributed by atoms with Gasteiger partial charge in [0.25, 0.3) is 0 Å². The first kappa shape index (κ1) is 19.7. The van der Waals surface area contributed by atoms with Crippen molar-refractivity contribution in [3.05, 3.63) is 82.9 Å². The van der Waals surface area contributed by atoms with E-state index < -0.39 is 5.97 Å². The molecule has 0 bridgehead atoms. The number of nitrogens with one attached hydrogen (secondary N) is 1. The summed E-state index contributed by atoms with van der Waals surface area (Å²) in [6.45, 7) is 4.82. The molecule has 0 unspecified atom stereocenters. The van der Waals surface area contributed by atoms with E-state index in [9.17, 15) is 9.90 Å². The van der Waals surface area contributed by atoms with Crippen molar-refractivity contribution in [3.63, 3.8) is 0 Å². The van der Waals surface area contributed by atoms with Gasteiger partial charge in [-0.3, -0.25) is 0 Å². The Balaban J connectivity index is 1.41. The number of fused-ring (bicyclic) bond motifs is 2. The lowest BCUT2D eigenvalue weighted by Gasteiger charge is -2.10. The Hall–Kier alpha value is -3.93. The van der Waals surface area contributed by atoms with Crippen molar-refractivity contribution in [3.8, 4) is 11.1 Å². The third-order valence-corrected chi connectivity index (χ3v) is 6.50. The summed E-state index contributed by atoms with van der Waals surface area (Å²) in [5.41, 5.74) is 7.89. The Morgan fingerprint density at radius 3 is 2.58 bits per heavy atom. The summed E-state index contributed by atoms with van der Waals surface area (Å²) in [6, 6.07) is 18.0. The van der Waals surface area contributed by atoms with Crippen LogP contribution in [0.2, 0.25) is 0 Å². The summed E-state index contributed by atoms with van der Waals surface area (Å²) in [5.74, 6) is 0.684. The van der Waals surface area contributed by atoms with Crippen molar-refractivity contribution >= 4 is 28.0 Å². The molecule has 2 N–H and O–H groups in total. The molecular formula is C27H24N4O2. The zero-order valence-electron chi connectivity index (χ0n) is 18.6. The lowest BCUT2D eigenvalue weighted by atomic mass is 10.0. The van der Waals surface area contributed by atoms with E-state index in [0.717, 1.165) is 55.8 Å². The molecule has 3 heterocycles. The average Bonchev–Trinajstić information content (AvgIpc) is 3.47. The number of imidazole rings is 1. The van der Waals surface area contributed by atoms with Crippen molar-refractivity contribution in [2.75, 3.05) is 0 Å². The first-order chi connectivity index (χ1) is 16.0. The minimum absolute atomic E-state index is 0.218. The van der Waals surface area contributed by atoms with E-state index in [4.69, 9.17) is 9.97 Å². The van der Waals surface area contributed by atoms with Crippen LogP contribution in [0.25, 0.3) is 33.2 Å². The van der Waals surface area contributed by atoms with Crippen LogP contribution >= 0.6 is 0 Å². The minimum atomic E-state index is -0.957. The van der Waals surface area contributed by atoms with Gasteiger partial charge in [-0.1, -0.05) is 42.5 Å². The number of aromatic amines is 1. The first-order valence-corrected chi connectivity index (χ1v) is 11.3. The molecule has 1 saturated carbocycles. The molecule has 0 aliphatic heterocycles. The number of para-hydroxylation sites is 1. The van der Waals surface area contributed by atoms with Gasteiger partial charge in [0.2, 0.25) is 0 Å². The van der Waals surface area contributed by atoms with Crippen LogP contribution in [-0.2, 0) is 6.54 Å². The van der Waals surface area contributed by atoms with Crippen LogP contribution in [0.5, 0.6) is 0 Å². The zero-order valence-corrected chi connectivity index (χ0v) is 18.6. The standard InChI is InChI=1S/C27H24N4O2/c1-15-13-16(2)28-26-23(15)30-25(19-11-12-19)31(26)14-17-7-9-18(10-8-17)22-20-5-3-4-6-21(20)29-24(22)27(32)33/h3-10,13,19,29H,11-12,14H2,1-2H3,(H,32,33). The highest BCUT2D eigenvalue weighted by Gasteiger charge is 2.30. The number of aromatic carboxylic acids is 1. The molecular weight excluding hydrogens is 412 g/mol. The highest BCUT2D eigenvalue weighted by atomic mass is 16.4. The summed E-state index contributed by atoms with van der Waals surface area (Å²) in [6.07, 6.45) is 2.36. The second-order valence-corrected chi connectivity index (χ2v) is 9.01. The molecule has 1 aliphatic rings. The van der Waals surface area contributed by atoms with E-state index >= 15 is 0 Å². The second kappa shape index (κ2) is 7.30. The molecule has 0 spiro atoms. The van der Waals surface area contributed by atoms with Crippen LogP contribution in [0.3, 0.4) is 0 Å². The van der Waals surface area contributed by atoms with E-state index in [-0.39, 0.29) is 5.69 Å². The minimum Gasteiger partial charge on any atom is -0.477 e. The van der Waals surface area contributed by atoms with Gasteiger partial charge in [-0.15, -0.1) is 0 Å². The van der Waals surface area contributed by atoms with Crippen molar-refractivity contribution in [1.29, 1.82) is 0 Å². The number of H-pyrrole nitrogens is 1. The lowest BCUT2D eigenvalue weighted by molar-refractivity contribution is 0.0692. The van der Waals surface area contributed by atoms with Crippen molar-refractivity contribution in [1.82, 2.24) is 19.5 Å². The van der Waals surface area contributed by atoms with Gasteiger partial charge >= 0.3 is 5.97 Å². The number of carboxylic acid groups (broad SMARTS) is 1. The van der Waals surface area contributed by atoms with Crippen LogP contribution < -0.4 is 0 Å². The highest BCUT2D eigenvalue weighted by Crippen LogP contribution is 2.41. The summed E-state index contributed by atoms with van der Waals surface area (Å²) in [5, 5.41) is 10.7. The fraction of sp³-hybridized carbons (Fsp3) is 0.222. The van der Waals surface area contributed by atoms with E-state index in [2.05, 4.69) is 34.7 Å². The van der Waals surface area contributed by atoms with Gasteiger partial charge in [-0.2, -0.15) is 0 Å². The summed E-state index contributed by atoms with van der Waals surface area (Å²) < 4.78 is 2.26. The number of carbonyl (C=O) groups is 1. The van der Waals surface area contributed by atoms with E-state index in [0.29, 0.717) is 12.5 Å². The Morgan fingerprint density at radius 2 is 1.85 bits per heavy atom. The Bertz CT molecular complexity index is 1540. The molecule has 6 nitrogen and oxygen atoms in total. The molecule has 1 aliphatic carbocycles. The van der Waals surface area contributed by atoms with Gasteiger partial charge in [0, 0.05) is 28.1 Å². The topological polar surface area (TPSA) is 83.8 Å². The number of aryl methyl sites for hydroxylation is 2. The predicted molar refractivity (Wildman–Crippen MR) is 129 cm³/mol. The summed E-state index contributed by atoms with van der Waals surface area (Å²) in [4.78, 5) is 24.7. The number of hydrogen-bond acceptors (Lipinski definition) is 3. The van der Waals surface area contributed by atoms with Gasteiger partial charge in [-0.25, -0.2) is 14.8 Å². The first-order valence-electron chi connectivity index (χ1n) is 11.3. The number of carboxylic acids is 1. The Labute approximate surface area is 190 Å². The third kappa shape index (κ3) is 3.30. The normalized spacial score (nSPS) is 13.8. The molecule has 5 aromatic rings. The third-order valence-electron chi connectivity index (χ3n) is 6.50. The maximum absolute atomic E-state index is 11.9. The van der Waals surface area contributed by atoms with E-state index in [1.54, 1.807) is 0 Å². The number of hydrogen-bond donors (Lipinski definition) is 2. The number of benzene rings is 2. The van der Waals surface area contributed by atoms with Gasteiger partial charge < -0.3 is 14.7 Å². The monoisotopic (exact) mass is 436 g/mol. The summed E-state index contributed by atoms with van der Waals surface area (Å²) >= 11 is 0. The molecule has 164 valence electrons. The van der Waals surface area contributed by atoms with Crippen molar-refractivity contribution < 1.29 is 9.90 Å². The molecule has 1 fully saturated rings. The quantitative estimate of drug-likeness (QED) is 0.364. The molecule has 2 aromatic carbocycles. The van der Waals surface area contributed by atoms with Gasteiger partial charge in [0.05, 0.1) is 6.54 Å². The molecule has 33 heavy (non-hydrogen) atoms. The lowest BCUT2D eigenvalue weighted by Crippen LogP contribution is -2.05. The molecule has 0 saturated heterocycles. The predicted octanol–water partition coefficient (Wildman–Crippen LogP) is 5.82. The Kier molecular flexibility index (Phi) is 4.37. The van der Waals surface area contributed by atoms with Gasteiger partial charge in [0.15, 0.2) is 5.65 Å². The maximum Gasteiger partial charge on any atom is 0.352 e. The highest BCUT2D eigenvalue weighted by molar-refractivity contribution is 6.07. The molecule has 3 aromatic heterocycles. The largest absolute Gasteiger partial charge is 0.477 e. The van der Waals surface area contributed by atoms with Crippen molar-refractivity contribution in [2.24, 2.45) is 0 Å². The second-order valence-electron chi connectivity index (χ2n) is 9.01.